The van der Waals surface area contributed by atoms with Crippen LogP contribution in [-0.2, 0) is 22.4 Å². The molecule has 29 heavy (non-hydrogen) atoms. The van der Waals surface area contributed by atoms with Gasteiger partial charge in [0.2, 0.25) is 0 Å². The zero-order valence-electron chi connectivity index (χ0n) is 17.1. The molecule has 0 saturated heterocycles. The zero-order valence-corrected chi connectivity index (χ0v) is 17.9. The van der Waals surface area contributed by atoms with Crippen molar-refractivity contribution in [2.75, 3.05) is 12.4 Å². The molecule has 2 amide bonds. The molecule has 5 nitrogen and oxygen atoms in total. The van der Waals surface area contributed by atoms with E-state index in [1.807, 2.05) is 13.8 Å². The van der Waals surface area contributed by atoms with Crippen LogP contribution in [0.5, 0.6) is 5.75 Å². The third-order valence-electron chi connectivity index (χ3n) is 5.42. The van der Waals surface area contributed by atoms with Crippen molar-refractivity contribution in [2.24, 2.45) is 0 Å². The summed E-state index contributed by atoms with van der Waals surface area (Å²) in [6.07, 6.45) is 5.31. The summed E-state index contributed by atoms with van der Waals surface area (Å²) in [5.41, 5.74) is 4.98. The topological polar surface area (TPSA) is 67.4 Å². The van der Waals surface area contributed by atoms with Crippen LogP contribution in [0.4, 0.5) is 5.69 Å². The van der Waals surface area contributed by atoms with Gasteiger partial charge < -0.3 is 15.4 Å². The first-order chi connectivity index (χ1) is 13.9. The van der Waals surface area contributed by atoms with E-state index in [0.29, 0.717) is 22.9 Å². The summed E-state index contributed by atoms with van der Waals surface area (Å²) in [5, 5.41) is 6.01. The lowest BCUT2D eigenvalue weighted by molar-refractivity contribution is -0.136. The van der Waals surface area contributed by atoms with Crippen molar-refractivity contribution in [1.29, 1.82) is 0 Å². The van der Waals surface area contributed by atoms with E-state index in [9.17, 15) is 9.59 Å². The molecule has 0 heterocycles. The molecule has 1 aliphatic carbocycles. The number of nitrogens with one attached hydrogen (secondary N) is 2. The van der Waals surface area contributed by atoms with Crippen molar-refractivity contribution >= 4 is 29.1 Å². The fourth-order valence-electron chi connectivity index (χ4n) is 3.72. The molecule has 154 valence electrons. The number of ether oxygens (including phenoxy) is 1. The first kappa shape index (κ1) is 21.2. The maximum Gasteiger partial charge on any atom is 0.313 e. The summed E-state index contributed by atoms with van der Waals surface area (Å²) < 4.78 is 5.26. The molecule has 0 spiro atoms. The van der Waals surface area contributed by atoms with Crippen LogP contribution < -0.4 is 15.4 Å². The lowest BCUT2D eigenvalue weighted by Crippen LogP contribution is -2.37. The number of rotatable bonds is 5. The van der Waals surface area contributed by atoms with Gasteiger partial charge in [-0.25, -0.2) is 0 Å². The highest BCUT2D eigenvalue weighted by atomic mass is 35.5. The van der Waals surface area contributed by atoms with Gasteiger partial charge in [-0.05, 0) is 67.3 Å². The van der Waals surface area contributed by atoms with Gasteiger partial charge in [0.1, 0.15) is 5.75 Å². The third-order valence-corrected chi connectivity index (χ3v) is 5.83. The second-order valence-electron chi connectivity index (χ2n) is 7.43. The molecule has 0 aromatic heterocycles. The lowest BCUT2D eigenvalue weighted by Gasteiger charge is -2.21. The number of fused-ring (bicyclic) bond motifs is 1. The molecule has 0 radical (unpaired) electrons. The summed E-state index contributed by atoms with van der Waals surface area (Å²) in [5.74, 6) is -1.01. The Balaban J connectivity index is 1.71. The maximum atomic E-state index is 12.5. The van der Waals surface area contributed by atoms with E-state index < -0.39 is 11.8 Å². The van der Waals surface area contributed by atoms with Crippen LogP contribution >= 0.6 is 11.6 Å². The quantitative estimate of drug-likeness (QED) is 0.694. The Morgan fingerprint density at radius 3 is 2.52 bits per heavy atom. The Labute approximate surface area is 176 Å². The molecular formula is C23H27ClN2O3. The Morgan fingerprint density at radius 2 is 1.83 bits per heavy atom. The van der Waals surface area contributed by atoms with Crippen LogP contribution in [-0.4, -0.2) is 18.9 Å². The highest BCUT2D eigenvalue weighted by Crippen LogP contribution is 2.31. The second kappa shape index (κ2) is 9.31. The minimum Gasteiger partial charge on any atom is -0.495 e. The van der Waals surface area contributed by atoms with Crippen molar-refractivity contribution in [1.82, 2.24) is 5.32 Å². The smallest absolute Gasteiger partial charge is 0.313 e. The Morgan fingerprint density at radius 1 is 1.10 bits per heavy atom. The Kier molecular flexibility index (Phi) is 6.80. The number of benzene rings is 2. The minimum atomic E-state index is -0.735. The molecule has 1 atom stereocenters. The summed E-state index contributed by atoms with van der Waals surface area (Å²) >= 11 is 6.10. The molecule has 0 bridgehead atoms. The van der Waals surface area contributed by atoms with Gasteiger partial charge >= 0.3 is 11.8 Å². The average molecular weight is 415 g/mol. The van der Waals surface area contributed by atoms with E-state index in [4.69, 9.17) is 16.3 Å². The van der Waals surface area contributed by atoms with Gasteiger partial charge in [0.05, 0.1) is 18.8 Å². The highest BCUT2D eigenvalue weighted by molar-refractivity contribution is 6.40. The van der Waals surface area contributed by atoms with Gasteiger partial charge in [-0.3, -0.25) is 9.59 Å². The number of hydrogen-bond donors (Lipinski definition) is 2. The van der Waals surface area contributed by atoms with Gasteiger partial charge in [-0.15, -0.1) is 0 Å². The van der Waals surface area contributed by atoms with Gasteiger partial charge in [-0.1, -0.05) is 36.7 Å². The molecule has 3 rings (SSSR count). The van der Waals surface area contributed by atoms with Crippen LogP contribution in [0.2, 0.25) is 5.02 Å². The molecule has 6 heteroatoms. The maximum absolute atomic E-state index is 12.5. The van der Waals surface area contributed by atoms with Gasteiger partial charge in [0.15, 0.2) is 0 Å². The molecule has 0 fully saturated rings. The van der Waals surface area contributed by atoms with Crippen LogP contribution in [0.25, 0.3) is 0 Å². The van der Waals surface area contributed by atoms with E-state index in [1.165, 1.54) is 31.1 Å². The van der Waals surface area contributed by atoms with E-state index in [1.54, 1.807) is 12.1 Å². The lowest BCUT2D eigenvalue weighted by atomic mass is 9.89. The molecular weight excluding hydrogens is 388 g/mol. The first-order valence-corrected chi connectivity index (χ1v) is 10.4. The fraction of sp³-hybridized carbons (Fsp3) is 0.391. The number of carbonyl (C=O) groups is 2. The second-order valence-corrected chi connectivity index (χ2v) is 7.83. The number of methoxy groups -OCH3 is 1. The molecule has 2 aromatic carbocycles. The highest BCUT2D eigenvalue weighted by Gasteiger charge is 2.21. The summed E-state index contributed by atoms with van der Waals surface area (Å²) in [6.45, 7) is 3.81. The predicted molar refractivity (Wildman–Crippen MR) is 116 cm³/mol. The van der Waals surface area contributed by atoms with E-state index >= 15 is 0 Å². The molecule has 0 saturated carbocycles. The van der Waals surface area contributed by atoms with Crippen LogP contribution in [0.3, 0.4) is 0 Å². The molecule has 1 unspecified atom stereocenters. The summed E-state index contributed by atoms with van der Waals surface area (Å²) in [4.78, 5) is 25.0. The summed E-state index contributed by atoms with van der Waals surface area (Å²) in [6, 6.07) is 9.47. The number of aryl methyl sites for hydroxylation is 3. The Bertz CT molecular complexity index is 927. The normalized spacial score (nSPS) is 13.9. The van der Waals surface area contributed by atoms with E-state index in [2.05, 4.69) is 28.8 Å². The molecule has 0 aliphatic heterocycles. The van der Waals surface area contributed by atoms with Crippen LogP contribution in [0, 0.1) is 6.92 Å². The number of amides is 2. The first-order valence-electron chi connectivity index (χ1n) is 10.0. The average Bonchev–Trinajstić information content (AvgIpc) is 2.73. The van der Waals surface area contributed by atoms with Crippen molar-refractivity contribution < 1.29 is 14.3 Å². The summed E-state index contributed by atoms with van der Waals surface area (Å²) in [7, 11) is 1.49. The van der Waals surface area contributed by atoms with Crippen molar-refractivity contribution in [3.8, 4) is 5.75 Å². The largest absolute Gasteiger partial charge is 0.495 e. The SMILES string of the molecule is CCC(NC(=O)C(=O)Nc1cc(C)c(Cl)cc1OC)c1ccc2c(c1)CCCC2. The van der Waals surface area contributed by atoms with E-state index in [0.717, 1.165) is 24.0 Å². The van der Waals surface area contributed by atoms with Crippen LogP contribution in [0.1, 0.15) is 54.5 Å². The molecule has 2 N–H and O–H groups in total. The Hall–Kier alpha value is -2.53. The molecule has 2 aromatic rings. The van der Waals surface area contributed by atoms with Crippen LogP contribution in [0.15, 0.2) is 30.3 Å². The third kappa shape index (κ3) is 4.91. The number of hydrogen-bond acceptors (Lipinski definition) is 3. The van der Waals surface area contributed by atoms with Crippen molar-refractivity contribution in [2.45, 2.75) is 52.0 Å². The van der Waals surface area contributed by atoms with Crippen molar-refractivity contribution in [3.05, 3.63) is 57.6 Å². The predicted octanol–water partition coefficient (Wildman–Crippen LogP) is 4.74. The van der Waals surface area contributed by atoms with E-state index in [-0.39, 0.29) is 6.04 Å². The fourth-order valence-corrected chi connectivity index (χ4v) is 3.88. The minimum absolute atomic E-state index is 0.214. The van der Waals surface area contributed by atoms with Gasteiger partial charge in [0.25, 0.3) is 0 Å². The number of carbonyl (C=O) groups excluding carboxylic acids is 2. The number of anilines is 1. The van der Waals surface area contributed by atoms with Crippen molar-refractivity contribution in [3.63, 3.8) is 0 Å². The molecule has 1 aliphatic rings. The van der Waals surface area contributed by atoms with Gasteiger partial charge in [-0.2, -0.15) is 0 Å². The monoisotopic (exact) mass is 414 g/mol. The number of halogens is 1. The standard InChI is InChI=1S/C23H27ClN2O3/c1-4-19(17-10-9-15-7-5-6-8-16(15)12-17)25-22(27)23(28)26-20-11-14(2)18(24)13-21(20)29-3/h9-13,19H,4-8H2,1-3H3,(H,25,27)(H,26,28). The van der Waals surface area contributed by atoms with Gasteiger partial charge in [0, 0.05) is 11.1 Å². The zero-order chi connectivity index (χ0) is 21.0.